The molecule has 3 N–H and O–H groups in total. The van der Waals surface area contributed by atoms with Crippen LogP contribution in [-0.4, -0.2) is 52.2 Å². The van der Waals surface area contributed by atoms with Gasteiger partial charge >= 0.3 is 0 Å². The van der Waals surface area contributed by atoms with Crippen molar-refractivity contribution in [3.63, 3.8) is 0 Å². The molecule has 160 valence electrons. The van der Waals surface area contributed by atoms with Crippen LogP contribution in [0, 0.1) is 5.92 Å². The van der Waals surface area contributed by atoms with Gasteiger partial charge in [-0.2, -0.15) is 5.10 Å². The number of carbonyl (C=O) groups is 2. The zero-order chi connectivity index (χ0) is 21.1. The van der Waals surface area contributed by atoms with E-state index >= 15 is 0 Å². The van der Waals surface area contributed by atoms with E-state index in [2.05, 4.69) is 22.3 Å². The molecule has 1 fully saturated rings. The van der Waals surface area contributed by atoms with Gasteiger partial charge in [-0.15, -0.1) is 0 Å². The molecule has 1 aliphatic carbocycles. The second-order valence-corrected chi connectivity index (χ2v) is 8.39. The third kappa shape index (κ3) is 4.26. The van der Waals surface area contributed by atoms with Crippen molar-refractivity contribution in [2.24, 2.45) is 11.7 Å². The minimum Gasteiger partial charge on any atom is -0.369 e. The van der Waals surface area contributed by atoms with Crippen LogP contribution in [0.15, 0.2) is 30.3 Å². The summed E-state index contributed by atoms with van der Waals surface area (Å²) < 4.78 is 2.02. The Bertz CT molecular complexity index is 900. The minimum atomic E-state index is -0.179. The van der Waals surface area contributed by atoms with Crippen LogP contribution in [0.5, 0.6) is 0 Å². The predicted molar refractivity (Wildman–Crippen MR) is 115 cm³/mol. The van der Waals surface area contributed by atoms with E-state index in [1.54, 1.807) is 0 Å². The molecule has 2 amide bonds. The third-order valence-corrected chi connectivity index (χ3v) is 6.50. The van der Waals surface area contributed by atoms with E-state index in [-0.39, 0.29) is 17.7 Å². The lowest BCUT2D eigenvalue weighted by atomic mass is 9.87. The molecule has 2 aromatic rings. The van der Waals surface area contributed by atoms with Crippen LogP contribution < -0.4 is 11.1 Å². The molecule has 1 saturated heterocycles. The average Bonchev–Trinajstić information content (AvgIpc) is 3.12. The fourth-order valence-corrected chi connectivity index (χ4v) is 4.84. The van der Waals surface area contributed by atoms with Crippen molar-refractivity contribution < 1.29 is 9.59 Å². The summed E-state index contributed by atoms with van der Waals surface area (Å²) in [5, 5.41) is 7.67. The summed E-state index contributed by atoms with van der Waals surface area (Å²) in [4.78, 5) is 26.7. The number of nitrogens with one attached hydrogen (secondary N) is 1. The molecule has 2 aliphatic rings. The Balaban J connectivity index is 1.55. The third-order valence-electron chi connectivity index (χ3n) is 6.50. The number of benzene rings is 1. The van der Waals surface area contributed by atoms with Crippen LogP contribution in [0.2, 0.25) is 0 Å². The monoisotopic (exact) mass is 409 g/mol. The summed E-state index contributed by atoms with van der Waals surface area (Å²) in [6.07, 6.45) is 4.45. The number of primary amides is 1. The van der Waals surface area contributed by atoms with E-state index < -0.39 is 0 Å². The zero-order valence-electron chi connectivity index (χ0n) is 17.6. The van der Waals surface area contributed by atoms with Gasteiger partial charge in [-0.25, -0.2) is 0 Å². The van der Waals surface area contributed by atoms with E-state index in [0.717, 1.165) is 50.8 Å². The highest BCUT2D eigenvalue weighted by atomic mass is 16.2. The van der Waals surface area contributed by atoms with E-state index in [4.69, 9.17) is 10.8 Å². The SMILES string of the molecule is CCNC(=O)c1nn(Cc2ccccc2)c2c1CC(N1CCC(C(N)=O)CC1)CC2. The normalized spacial score (nSPS) is 20.0. The van der Waals surface area contributed by atoms with Crippen molar-refractivity contribution in [1.82, 2.24) is 20.0 Å². The minimum absolute atomic E-state index is 0.0000768. The number of aromatic nitrogens is 2. The molecule has 1 aliphatic heterocycles. The van der Waals surface area contributed by atoms with Gasteiger partial charge in [-0.1, -0.05) is 30.3 Å². The largest absolute Gasteiger partial charge is 0.369 e. The van der Waals surface area contributed by atoms with E-state index in [1.165, 1.54) is 11.3 Å². The number of carbonyl (C=O) groups excluding carboxylic acids is 2. The first-order valence-corrected chi connectivity index (χ1v) is 11.0. The molecule has 0 spiro atoms. The topological polar surface area (TPSA) is 93.2 Å². The van der Waals surface area contributed by atoms with Crippen LogP contribution in [0.3, 0.4) is 0 Å². The quantitative estimate of drug-likeness (QED) is 0.760. The maximum absolute atomic E-state index is 12.7. The van der Waals surface area contributed by atoms with Gasteiger partial charge in [-0.05, 0) is 57.7 Å². The molecular formula is C23H31N5O2. The Morgan fingerprint density at radius 2 is 1.90 bits per heavy atom. The molecule has 30 heavy (non-hydrogen) atoms. The number of amides is 2. The van der Waals surface area contributed by atoms with Gasteiger partial charge in [0.15, 0.2) is 5.69 Å². The van der Waals surface area contributed by atoms with Gasteiger partial charge in [-0.3, -0.25) is 19.2 Å². The summed E-state index contributed by atoms with van der Waals surface area (Å²) in [7, 11) is 0. The molecule has 0 radical (unpaired) electrons. The van der Waals surface area contributed by atoms with Crippen LogP contribution >= 0.6 is 0 Å². The molecule has 1 atom stereocenters. The number of hydrogen-bond donors (Lipinski definition) is 2. The first-order valence-electron chi connectivity index (χ1n) is 11.0. The Kier molecular flexibility index (Phi) is 6.18. The summed E-state index contributed by atoms with van der Waals surface area (Å²) in [6.45, 7) is 4.97. The standard InChI is InChI=1S/C23H31N5O2/c1-2-25-23(30)21-19-14-18(27-12-10-17(11-13-27)22(24)29)8-9-20(19)28(26-21)15-16-6-4-3-5-7-16/h3-7,17-18H,2,8-15H2,1H3,(H2,24,29)(H,25,30). The molecular weight excluding hydrogens is 378 g/mol. The molecule has 0 bridgehead atoms. The van der Waals surface area contributed by atoms with Crippen LogP contribution in [-0.2, 0) is 24.2 Å². The van der Waals surface area contributed by atoms with E-state index in [1.807, 2.05) is 29.8 Å². The molecule has 1 aromatic heterocycles. The summed E-state index contributed by atoms with van der Waals surface area (Å²) in [5.74, 6) is -0.269. The van der Waals surface area contributed by atoms with Crippen LogP contribution in [0.1, 0.15) is 53.5 Å². The number of nitrogens with two attached hydrogens (primary N) is 1. The maximum atomic E-state index is 12.7. The van der Waals surface area contributed by atoms with Gasteiger partial charge in [0.2, 0.25) is 5.91 Å². The summed E-state index contributed by atoms with van der Waals surface area (Å²) in [6, 6.07) is 10.6. The second-order valence-electron chi connectivity index (χ2n) is 8.39. The Labute approximate surface area is 177 Å². The van der Waals surface area contributed by atoms with Crippen molar-refractivity contribution in [3.8, 4) is 0 Å². The van der Waals surface area contributed by atoms with Gasteiger partial charge in [0, 0.05) is 29.8 Å². The second kappa shape index (κ2) is 9.00. The fraction of sp³-hybridized carbons (Fsp3) is 0.522. The maximum Gasteiger partial charge on any atom is 0.272 e. The van der Waals surface area contributed by atoms with Gasteiger partial charge in [0.25, 0.3) is 5.91 Å². The smallest absolute Gasteiger partial charge is 0.272 e. The van der Waals surface area contributed by atoms with Crippen molar-refractivity contribution in [1.29, 1.82) is 0 Å². The number of nitrogens with zero attached hydrogens (tertiary/aromatic N) is 3. The highest BCUT2D eigenvalue weighted by molar-refractivity contribution is 5.94. The van der Waals surface area contributed by atoms with Gasteiger partial charge in [0.1, 0.15) is 0 Å². The molecule has 7 nitrogen and oxygen atoms in total. The lowest BCUT2D eigenvalue weighted by Gasteiger charge is -2.38. The molecule has 4 rings (SSSR count). The van der Waals surface area contributed by atoms with Crippen LogP contribution in [0.4, 0.5) is 0 Å². The molecule has 0 saturated carbocycles. The first-order chi connectivity index (χ1) is 14.6. The van der Waals surface area contributed by atoms with Crippen LogP contribution in [0.25, 0.3) is 0 Å². The highest BCUT2D eigenvalue weighted by Gasteiger charge is 2.34. The lowest BCUT2D eigenvalue weighted by Crippen LogP contribution is -2.46. The van der Waals surface area contributed by atoms with E-state index in [9.17, 15) is 9.59 Å². The van der Waals surface area contributed by atoms with Crippen molar-refractivity contribution in [3.05, 3.63) is 52.8 Å². The lowest BCUT2D eigenvalue weighted by molar-refractivity contribution is -0.123. The number of rotatable bonds is 6. The summed E-state index contributed by atoms with van der Waals surface area (Å²) >= 11 is 0. The number of fused-ring (bicyclic) bond motifs is 1. The van der Waals surface area contributed by atoms with Gasteiger partial charge < -0.3 is 11.1 Å². The highest BCUT2D eigenvalue weighted by Crippen LogP contribution is 2.30. The molecule has 1 unspecified atom stereocenters. The first kappa shape index (κ1) is 20.6. The molecule has 7 heteroatoms. The Morgan fingerprint density at radius 3 is 2.57 bits per heavy atom. The van der Waals surface area contributed by atoms with Crippen molar-refractivity contribution in [2.45, 2.75) is 51.6 Å². The Hall–Kier alpha value is -2.67. The predicted octanol–water partition coefficient (Wildman–Crippen LogP) is 1.74. The average molecular weight is 410 g/mol. The fourth-order valence-electron chi connectivity index (χ4n) is 4.84. The zero-order valence-corrected chi connectivity index (χ0v) is 17.6. The van der Waals surface area contributed by atoms with Crippen molar-refractivity contribution in [2.75, 3.05) is 19.6 Å². The molecule has 1 aromatic carbocycles. The molecule has 2 heterocycles. The number of hydrogen-bond acceptors (Lipinski definition) is 4. The van der Waals surface area contributed by atoms with Crippen molar-refractivity contribution >= 4 is 11.8 Å². The van der Waals surface area contributed by atoms with E-state index in [0.29, 0.717) is 24.8 Å². The van der Waals surface area contributed by atoms with Gasteiger partial charge in [0.05, 0.1) is 6.54 Å². The Morgan fingerprint density at radius 1 is 1.17 bits per heavy atom. The summed E-state index contributed by atoms with van der Waals surface area (Å²) in [5.41, 5.74) is 9.51. The number of piperidine rings is 1. The number of likely N-dealkylation sites (tertiary alicyclic amines) is 1.